The Labute approximate surface area is 103 Å². The van der Waals surface area contributed by atoms with Crippen LogP contribution in [0.5, 0.6) is 5.75 Å². The molecular formula is C12H13FN2OS. The van der Waals surface area contributed by atoms with Gasteiger partial charge in [-0.2, -0.15) is 0 Å². The first-order valence-corrected chi connectivity index (χ1v) is 6.26. The molecule has 5 heteroatoms. The van der Waals surface area contributed by atoms with Gasteiger partial charge >= 0.3 is 0 Å². The summed E-state index contributed by atoms with van der Waals surface area (Å²) in [6, 6.07) is 4.61. The summed E-state index contributed by atoms with van der Waals surface area (Å²) in [5, 5.41) is 7.17. The number of fused-ring (bicyclic) bond motifs is 1. The fourth-order valence-corrected chi connectivity index (χ4v) is 2.10. The van der Waals surface area contributed by atoms with Crippen LogP contribution < -0.4 is 10.5 Å². The van der Waals surface area contributed by atoms with E-state index in [1.54, 1.807) is 6.07 Å². The van der Waals surface area contributed by atoms with E-state index in [1.165, 1.54) is 23.9 Å². The summed E-state index contributed by atoms with van der Waals surface area (Å²) in [5.74, 6) is 1.73. The molecule has 17 heavy (non-hydrogen) atoms. The van der Waals surface area contributed by atoms with Crippen molar-refractivity contribution in [2.24, 2.45) is 5.73 Å². The van der Waals surface area contributed by atoms with Crippen molar-refractivity contribution in [1.82, 2.24) is 0 Å². The number of hydrogen-bond donors (Lipinski definition) is 2. The maximum atomic E-state index is 13.0. The highest BCUT2D eigenvalue weighted by Gasteiger charge is 2.14. The Morgan fingerprint density at radius 3 is 3.12 bits per heavy atom. The monoisotopic (exact) mass is 252 g/mol. The van der Waals surface area contributed by atoms with Gasteiger partial charge in [-0.05, 0) is 24.1 Å². The summed E-state index contributed by atoms with van der Waals surface area (Å²) >= 11 is 1.24. The van der Waals surface area contributed by atoms with E-state index in [0.717, 1.165) is 24.2 Å². The minimum absolute atomic E-state index is 0.0871. The predicted molar refractivity (Wildman–Crippen MR) is 67.8 cm³/mol. The van der Waals surface area contributed by atoms with Gasteiger partial charge in [0.25, 0.3) is 0 Å². The van der Waals surface area contributed by atoms with Gasteiger partial charge in [0.05, 0.1) is 0 Å². The lowest BCUT2D eigenvalue weighted by molar-refractivity contribution is 0.374. The second kappa shape index (κ2) is 5.23. The Morgan fingerprint density at radius 1 is 1.53 bits per heavy atom. The number of hydrogen-bond acceptors (Lipinski definition) is 3. The third kappa shape index (κ3) is 3.23. The van der Waals surface area contributed by atoms with Gasteiger partial charge in [-0.3, -0.25) is 5.41 Å². The van der Waals surface area contributed by atoms with Crippen LogP contribution in [0.25, 0.3) is 0 Å². The Kier molecular flexibility index (Phi) is 3.68. The Morgan fingerprint density at radius 2 is 2.35 bits per heavy atom. The molecule has 1 aromatic carbocycles. The number of benzene rings is 1. The Balaban J connectivity index is 2.04. The summed E-state index contributed by atoms with van der Waals surface area (Å²) < 4.78 is 18.6. The average molecular weight is 252 g/mol. The molecule has 0 aromatic heterocycles. The topological polar surface area (TPSA) is 59.1 Å². The molecule has 2 rings (SSSR count). The molecule has 1 heterocycles. The maximum absolute atomic E-state index is 13.0. The van der Waals surface area contributed by atoms with E-state index < -0.39 is 0 Å². The first-order chi connectivity index (χ1) is 8.15. The van der Waals surface area contributed by atoms with E-state index in [1.807, 2.05) is 6.08 Å². The second-order valence-electron chi connectivity index (χ2n) is 3.70. The highest BCUT2D eigenvalue weighted by Crippen LogP contribution is 2.30. The van der Waals surface area contributed by atoms with Crippen molar-refractivity contribution in [3.8, 4) is 5.75 Å². The number of aryl methyl sites for hydroxylation is 1. The fraction of sp³-hybridized carbons (Fsp3) is 0.250. The number of nitrogens with one attached hydrogen (secondary N) is 1. The molecule has 0 bridgehead atoms. The van der Waals surface area contributed by atoms with E-state index in [0.29, 0.717) is 11.5 Å². The molecule has 0 saturated carbocycles. The number of allylic oxidation sites excluding steroid dienone is 1. The SMILES string of the molecule is N=C(N)SC/C=C1\CCc2ccc(F)cc2O1. The van der Waals surface area contributed by atoms with Crippen LogP contribution in [0.15, 0.2) is 30.0 Å². The van der Waals surface area contributed by atoms with E-state index in [2.05, 4.69) is 0 Å². The van der Waals surface area contributed by atoms with Crippen LogP contribution in [0.4, 0.5) is 4.39 Å². The number of ether oxygens (including phenoxy) is 1. The van der Waals surface area contributed by atoms with Crippen LogP contribution in [-0.2, 0) is 6.42 Å². The molecule has 0 aliphatic carbocycles. The van der Waals surface area contributed by atoms with Gasteiger partial charge in [0.2, 0.25) is 0 Å². The van der Waals surface area contributed by atoms with Crippen molar-refractivity contribution in [1.29, 1.82) is 5.41 Å². The highest BCUT2D eigenvalue weighted by molar-refractivity contribution is 8.13. The smallest absolute Gasteiger partial charge is 0.151 e. The minimum atomic E-state index is -0.289. The van der Waals surface area contributed by atoms with Gasteiger partial charge in [-0.1, -0.05) is 17.8 Å². The van der Waals surface area contributed by atoms with Gasteiger partial charge in [-0.25, -0.2) is 4.39 Å². The van der Waals surface area contributed by atoms with Gasteiger partial charge in [-0.15, -0.1) is 0 Å². The van der Waals surface area contributed by atoms with E-state index in [-0.39, 0.29) is 11.0 Å². The summed E-state index contributed by atoms with van der Waals surface area (Å²) in [6.07, 6.45) is 3.54. The standard InChI is InChI=1S/C12H13FN2OS/c13-9-3-1-8-2-4-10(16-11(8)7-9)5-6-17-12(14)15/h1,3,5,7H,2,4,6H2,(H3,14,15)/b10-5+. The zero-order chi connectivity index (χ0) is 12.3. The predicted octanol–water partition coefficient (Wildman–Crippen LogP) is 2.66. The minimum Gasteiger partial charge on any atom is -0.462 e. The van der Waals surface area contributed by atoms with Crippen LogP contribution in [0.3, 0.4) is 0 Å². The van der Waals surface area contributed by atoms with E-state index in [4.69, 9.17) is 15.9 Å². The van der Waals surface area contributed by atoms with Crippen LogP contribution in [0.1, 0.15) is 12.0 Å². The van der Waals surface area contributed by atoms with E-state index in [9.17, 15) is 4.39 Å². The normalized spacial score (nSPS) is 16.4. The van der Waals surface area contributed by atoms with Crippen molar-refractivity contribution in [2.45, 2.75) is 12.8 Å². The molecule has 0 saturated heterocycles. The van der Waals surface area contributed by atoms with Crippen LogP contribution in [0.2, 0.25) is 0 Å². The highest BCUT2D eigenvalue weighted by atomic mass is 32.2. The molecular weight excluding hydrogens is 239 g/mol. The second-order valence-corrected chi connectivity index (χ2v) is 4.76. The van der Waals surface area contributed by atoms with Crippen molar-refractivity contribution in [3.63, 3.8) is 0 Å². The summed E-state index contributed by atoms with van der Waals surface area (Å²) in [4.78, 5) is 0. The lowest BCUT2D eigenvalue weighted by Crippen LogP contribution is -2.08. The lowest BCUT2D eigenvalue weighted by atomic mass is 10.0. The molecule has 3 nitrogen and oxygen atoms in total. The number of rotatable bonds is 2. The largest absolute Gasteiger partial charge is 0.462 e. The van der Waals surface area contributed by atoms with Crippen molar-refractivity contribution in [3.05, 3.63) is 41.4 Å². The molecule has 0 unspecified atom stereocenters. The van der Waals surface area contributed by atoms with E-state index >= 15 is 0 Å². The van der Waals surface area contributed by atoms with Crippen molar-refractivity contribution >= 4 is 16.9 Å². The first-order valence-electron chi connectivity index (χ1n) is 5.27. The van der Waals surface area contributed by atoms with Gasteiger partial charge in [0, 0.05) is 18.2 Å². The molecule has 0 fully saturated rings. The van der Waals surface area contributed by atoms with Gasteiger partial charge in [0.15, 0.2) is 5.17 Å². The number of thioether (sulfide) groups is 1. The maximum Gasteiger partial charge on any atom is 0.151 e. The van der Waals surface area contributed by atoms with Gasteiger partial charge < -0.3 is 10.5 Å². The fourth-order valence-electron chi connectivity index (χ4n) is 1.65. The molecule has 3 N–H and O–H groups in total. The molecule has 90 valence electrons. The Bertz CT molecular complexity index is 474. The first kappa shape index (κ1) is 12.0. The molecule has 1 aliphatic heterocycles. The zero-order valence-corrected chi connectivity index (χ0v) is 10.0. The van der Waals surface area contributed by atoms with Gasteiger partial charge in [0.1, 0.15) is 17.3 Å². The van der Waals surface area contributed by atoms with Crippen LogP contribution >= 0.6 is 11.8 Å². The molecule has 0 radical (unpaired) electrons. The van der Waals surface area contributed by atoms with Crippen LogP contribution in [-0.4, -0.2) is 10.9 Å². The lowest BCUT2D eigenvalue weighted by Gasteiger charge is -2.19. The van der Waals surface area contributed by atoms with Crippen molar-refractivity contribution in [2.75, 3.05) is 5.75 Å². The summed E-state index contributed by atoms with van der Waals surface area (Å²) in [5.41, 5.74) is 6.26. The summed E-state index contributed by atoms with van der Waals surface area (Å²) in [6.45, 7) is 0. The van der Waals surface area contributed by atoms with Crippen molar-refractivity contribution < 1.29 is 9.13 Å². The number of nitrogens with two attached hydrogens (primary N) is 1. The molecule has 1 aromatic rings. The molecule has 1 aliphatic rings. The Hall–Kier alpha value is -1.49. The third-order valence-electron chi connectivity index (χ3n) is 2.46. The third-order valence-corrected chi connectivity index (χ3v) is 3.11. The summed E-state index contributed by atoms with van der Waals surface area (Å²) in [7, 11) is 0. The zero-order valence-electron chi connectivity index (χ0n) is 9.20. The van der Waals surface area contributed by atoms with Crippen LogP contribution in [0, 0.1) is 11.2 Å². The number of halogens is 1. The molecule has 0 atom stereocenters. The molecule has 0 amide bonds. The number of amidine groups is 1. The average Bonchev–Trinajstić information content (AvgIpc) is 2.28. The molecule has 0 spiro atoms. The quantitative estimate of drug-likeness (QED) is 0.628.